The normalized spacial score (nSPS) is 16.1. The van der Waals surface area contributed by atoms with E-state index < -0.39 is 0 Å². The average Bonchev–Trinajstić information content (AvgIpc) is 3.15. The van der Waals surface area contributed by atoms with Gasteiger partial charge in [0, 0.05) is 20.6 Å². The van der Waals surface area contributed by atoms with Crippen LogP contribution in [0.5, 0.6) is 0 Å². The van der Waals surface area contributed by atoms with Crippen LogP contribution < -0.4 is 11.1 Å². The van der Waals surface area contributed by atoms with Crippen molar-refractivity contribution in [1.82, 2.24) is 4.90 Å². The molecule has 1 aliphatic carbocycles. The molecule has 0 atom stereocenters. The highest BCUT2D eigenvalue weighted by Crippen LogP contribution is 2.52. The van der Waals surface area contributed by atoms with Crippen LogP contribution in [-0.2, 0) is 0 Å². The number of anilines is 2. The molecule has 0 saturated heterocycles. The Morgan fingerprint density at radius 1 is 1.48 bits per heavy atom. The zero-order valence-corrected chi connectivity index (χ0v) is 15.1. The molecule has 0 unspecified atom stereocenters. The number of thioether (sulfide) groups is 1. The minimum absolute atomic E-state index is 0.0224. The molecule has 0 bridgehead atoms. The Balaban J connectivity index is 2.20. The number of thiophene rings is 1. The van der Waals surface area contributed by atoms with Crippen molar-refractivity contribution < 1.29 is 4.79 Å². The summed E-state index contributed by atoms with van der Waals surface area (Å²) in [6.45, 7) is 5.54. The van der Waals surface area contributed by atoms with Gasteiger partial charge in [-0.15, -0.1) is 23.1 Å². The van der Waals surface area contributed by atoms with Gasteiger partial charge in [0.25, 0.3) is 5.91 Å². The van der Waals surface area contributed by atoms with E-state index in [-0.39, 0.29) is 5.91 Å². The van der Waals surface area contributed by atoms with Crippen molar-refractivity contribution in [2.75, 3.05) is 37.9 Å². The van der Waals surface area contributed by atoms with Crippen LogP contribution >= 0.6 is 23.1 Å². The molecule has 1 amide bonds. The first-order chi connectivity index (χ1) is 9.82. The number of carbonyl (C=O) groups is 1. The zero-order valence-electron chi connectivity index (χ0n) is 13.4. The lowest BCUT2D eigenvalue weighted by Gasteiger charge is -2.20. The summed E-state index contributed by atoms with van der Waals surface area (Å²) < 4.78 is 0. The van der Waals surface area contributed by atoms with Crippen LogP contribution in [0.4, 0.5) is 10.7 Å². The van der Waals surface area contributed by atoms with Crippen molar-refractivity contribution in [1.29, 1.82) is 0 Å². The third kappa shape index (κ3) is 3.16. The van der Waals surface area contributed by atoms with Crippen molar-refractivity contribution in [2.45, 2.75) is 31.6 Å². The molecule has 0 aromatic carbocycles. The van der Waals surface area contributed by atoms with E-state index in [0.717, 1.165) is 16.4 Å². The molecule has 2 rings (SSSR count). The number of rotatable bonds is 6. The summed E-state index contributed by atoms with van der Waals surface area (Å²) in [7, 11) is 3.51. The number of nitrogen functional groups attached to an aromatic ring is 1. The third-order valence-electron chi connectivity index (χ3n) is 4.42. The van der Waals surface area contributed by atoms with Gasteiger partial charge < -0.3 is 16.0 Å². The van der Waals surface area contributed by atoms with Gasteiger partial charge in [0.1, 0.15) is 9.88 Å². The van der Waals surface area contributed by atoms with Crippen LogP contribution in [0.25, 0.3) is 0 Å². The van der Waals surface area contributed by atoms with Gasteiger partial charge in [-0.1, -0.05) is 13.8 Å². The quantitative estimate of drug-likeness (QED) is 0.784. The highest BCUT2D eigenvalue weighted by molar-refractivity contribution is 7.99. The van der Waals surface area contributed by atoms with Crippen molar-refractivity contribution in [3.05, 3.63) is 4.88 Å². The molecule has 1 aliphatic rings. The van der Waals surface area contributed by atoms with E-state index in [9.17, 15) is 4.79 Å². The van der Waals surface area contributed by atoms with Gasteiger partial charge in [-0.05, 0) is 30.4 Å². The van der Waals surface area contributed by atoms with Gasteiger partial charge in [0.15, 0.2) is 0 Å². The maximum absolute atomic E-state index is 12.2. The maximum Gasteiger partial charge on any atom is 0.265 e. The summed E-state index contributed by atoms with van der Waals surface area (Å²) in [6.07, 6.45) is 4.58. The van der Waals surface area contributed by atoms with E-state index in [1.54, 1.807) is 30.8 Å². The summed E-state index contributed by atoms with van der Waals surface area (Å²) in [5, 5.41) is 4.59. The summed E-state index contributed by atoms with van der Waals surface area (Å²) in [6, 6.07) is 0. The number of nitrogens with one attached hydrogen (secondary N) is 1. The number of hydrogen-bond acceptors (Lipinski definition) is 5. The van der Waals surface area contributed by atoms with Crippen molar-refractivity contribution in [3.8, 4) is 0 Å². The fourth-order valence-corrected chi connectivity index (χ4v) is 4.54. The lowest BCUT2D eigenvalue weighted by Crippen LogP contribution is -2.21. The van der Waals surface area contributed by atoms with Gasteiger partial charge in [-0.3, -0.25) is 4.79 Å². The summed E-state index contributed by atoms with van der Waals surface area (Å²) >= 11 is 3.08. The Morgan fingerprint density at radius 3 is 2.52 bits per heavy atom. The first-order valence-electron chi connectivity index (χ1n) is 7.24. The molecule has 21 heavy (non-hydrogen) atoms. The number of nitrogens with zero attached hydrogens (tertiary/aromatic N) is 1. The zero-order chi connectivity index (χ0) is 15.8. The van der Waals surface area contributed by atoms with E-state index in [2.05, 4.69) is 19.2 Å². The Hall–Kier alpha value is -0.880. The molecule has 1 saturated carbocycles. The molecule has 0 radical (unpaired) electrons. The van der Waals surface area contributed by atoms with Gasteiger partial charge in [0.05, 0.1) is 10.6 Å². The Morgan fingerprint density at radius 2 is 2.10 bits per heavy atom. The molecule has 1 aromatic rings. The molecular formula is C15H25N3OS2. The summed E-state index contributed by atoms with van der Waals surface area (Å²) in [5.74, 6) is 0.661. The lowest BCUT2D eigenvalue weighted by atomic mass is 9.92. The van der Waals surface area contributed by atoms with Gasteiger partial charge in [-0.2, -0.15) is 0 Å². The first-order valence-corrected chi connectivity index (χ1v) is 9.28. The van der Waals surface area contributed by atoms with Crippen LogP contribution in [0, 0.1) is 11.3 Å². The van der Waals surface area contributed by atoms with Gasteiger partial charge >= 0.3 is 0 Å². The first kappa shape index (κ1) is 16.5. The Labute approximate surface area is 135 Å². The summed E-state index contributed by atoms with van der Waals surface area (Å²) in [4.78, 5) is 15.4. The van der Waals surface area contributed by atoms with Crippen LogP contribution in [0.1, 0.15) is 36.4 Å². The molecule has 0 spiro atoms. The van der Waals surface area contributed by atoms with Crippen molar-refractivity contribution in [2.24, 2.45) is 11.3 Å². The highest BCUT2D eigenvalue weighted by atomic mass is 32.2. The predicted molar refractivity (Wildman–Crippen MR) is 93.5 cm³/mol. The van der Waals surface area contributed by atoms with Crippen molar-refractivity contribution in [3.63, 3.8) is 0 Å². The number of nitrogens with two attached hydrogens (primary N) is 1. The largest absolute Gasteiger partial charge is 0.396 e. The molecule has 6 heteroatoms. The van der Waals surface area contributed by atoms with Crippen LogP contribution in [-0.4, -0.2) is 37.7 Å². The van der Waals surface area contributed by atoms with E-state index >= 15 is 0 Å². The Bertz CT molecular complexity index is 533. The van der Waals surface area contributed by atoms with Crippen LogP contribution in [0.3, 0.4) is 0 Å². The number of hydrogen-bond donors (Lipinski definition) is 2. The second-order valence-corrected chi connectivity index (χ2v) is 8.11. The lowest BCUT2D eigenvalue weighted by molar-refractivity contribution is 0.0833. The molecule has 1 heterocycles. The maximum atomic E-state index is 12.2. The van der Waals surface area contributed by atoms with E-state index in [4.69, 9.17) is 5.73 Å². The second-order valence-electron chi connectivity index (χ2n) is 6.28. The van der Waals surface area contributed by atoms with Gasteiger partial charge in [-0.25, -0.2) is 0 Å². The topological polar surface area (TPSA) is 58.4 Å². The van der Waals surface area contributed by atoms with E-state index in [1.165, 1.54) is 24.2 Å². The standard InChI is InChI=1S/C15H25N3OS2/c1-9(2)15(6-7-15)8-17-13-11(20-5)10(16)12(21-13)14(19)18(3)4/h9,17H,6-8,16H2,1-5H3. The molecule has 4 nitrogen and oxygen atoms in total. The fourth-order valence-electron chi connectivity index (χ4n) is 2.48. The molecule has 3 N–H and O–H groups in total. The molecule has 1 aromatic heterocycles. The molecular weight excluding hydrogens is 302 g/mol. The van der Waals surface area contributed by atoms with Crippen LogP contribution in [0.2, 0.25) is 0 Å². The SMILES string of the molecule is CSc1c(NCC2(C(C)C)CC2)sc(C(=O)N(C)C)c1N. The number of carbonyl (C=O) groups excluding carboxylic acids is 1. The van der Waals surface area contributed by atoms with E-state index in [1.807, 2.05) is 6.26 Å². The minimum atomic E-state index is -0.0224. The minimum Gasteiger partial charge on any atom is -0.396 e. The van der Waals surface area contributed by atoms with Gasteiger partial charge in [0.2, 0.25) is 0 Å². The summed E-state index contributed by atoms with van der Waals surface area (Å²) in [5.41, 5.74) is 7.21. The van der Waals surface area contributed by atoms with Crippen LogP contribution in [0.15, 0.2) is 4.90 Å². The highest BCUT2D eigenvalue weighted by Gasteiger charge is 2.45. The molecule has 0 aliphatic heterocycles. The second kappa shape index (κ2) is 6.08. The predicted octanol–water partition coefficient (Wildman–Crippen LogP) is 3.60. The third-order valence-corrected chi connectivity index (χ3v) is 6.53. The van der Waals surface area contributed by atoms with Crippen molar-refractivity contribution >= 4 is 39.7 Å². The smallest absolute Gasteiger partial charge is 0.265 e. The fraction of sp³-hybridized carbons (Fsp3) is 0.667. The average molecular weight is 328 g/mol. The molecule has 1 fully saturated rings. The Kier molecular flexibility index (Phi) is 4.78. The molecule has 118 valence electrons. The monoisotopic (exact) mass is 327 g/mol. The van der Waals surface area contributed by atoms with E-state index in [0.29, 0.717) is 21.9 Å². The number of amides is 1.